The minimum atomic E-state index is -0.0602. The van der Waals surface area contributed by atoms with E-state index < -0.39 is 0 Å². The summed E-state index contributed by atoms with van der Waals surface area (Å²) in [6, 6.07) is 17.0. The highest BCUT2D eigenvalue weighted by molar-refractivity contribution is 6.03. The molecular weight excluding hydrogens is 276 g/mol. The van der Waals surface area contributed by atoms with Crippen molar-refractivity contribution >= 4 is 11.6 Å². The number of nitrogens with zero attached hydrogens (tertiary/aromatic N) is 2. The molecule has 3 rings (SSSR count). The topological polar surface area (TPSA) is 53.3 Å². The zero-order valence-electron chi connectivity index (χ0n) is 12.5. The third kappa shape index (κ3) is 2.21. The van der Waals surface area contributed by atoms with Crippen LogP contribution in [0.25, 0.3) is 0 Å². The Labute approximate surface area is 129 Å². The van der Waals surface area contributed by atoms with E-state index in [2.05, 4.69) is 6.07 Å². The van der Waals surface area contributed by atoms with E-state index in [-0.39, 0.29) is 17.9 Å². The fourth-order valence-corrected chi connectivity index (χ4v) is 2.86. The molecule has 4 heteroatoms. The molecule has 1 fully saturated rings. The van der Waals surface area contributed by atoms with Crippen LogP contribution < -0.4 is 9.64 Å². The van der Waals surface area contributed by atoms with Gasteiger partial charge < -0.3 is 9.64 Å². The number of anilines is 1. The van der Waals surface area contributed by atoms with E-state index in [1.54, 1.807) is 24.1 Å². The zero-order chi connectivity index (χ0) is 15.7. The number of carbonyl (C=O) groups is 1. The SMILES string of the molecule is COc1ccc(N2C(=O)[C@H](C)[C@H]2c2ccc(C#N)cc2)cc1. The lowest BCUT2D eigenvalue weighted by Gasteiger charge is -2.46. The predicted molar refractivity (Wildman–Crippen MR) is 83.5 cm³/mol. The second-order valence-corrected chi connectivity index (χ2v) is 5.37. The van der Waals surface area contributed by atoms with Gasteiger partial charge in [0.1, 0.15) is 5.75 Å². The van der Waals surface area contributed by atoms with Crippen molar-refractivity contribution in [3.05, 3.63) is 59.7 Å². The van der Waals surface area contributed by atoms with E-state index in [1.165, 1.54) is 0 Å². The maximum atomic E-state index is 12.3. The molecule has 2 aromatic rings. The molecule has 110 valence electrons. The zero-order valence-corrected chi connectivity index (χ0v) is 12.5. The lowest BCUT2D eigenvalue weighted by atomic mass is 9.83. The van der Waals surface area contributed by atoms with Gasteiger partial charge in [-0.2, -0.15) is 5.26 Å². The highest BCUT2D eigenvalue weighted by Crippen LogP contribution is 2.43. The number of methoxy groups -OCH3 is 1. The van der Waals surface area contributed by atoms with Crippen LogP contribution in [0, 0.1) is 17.2 Å². The van der Waals surface area contributed by atoms with Crippen molar-refractivity contribution in [2.45, 2.75) is 13.0 Å². The Balaban J connectivity index is 1.91. The Morgan fingerprint density at radius 1 is 1.09 bits per heavy atom. The molecule has 0 aromatic heterocycles. The Morgan fingerprint density at radius 2 is 1.73 bits per heavy atom. The van der Waals surface area contributed by atoms with Crippen LogP contribution in [0.4, 0.5) is 5.69 Å². The van der Waals surface area contributed by atoms with E-state index >= 15 is 0 Å². The van der Waals surface area contributed by atoms with Crippen molar-refractivity contribution in [2.24, 2.45) is 5.92 Å². The first-order valence-corrected chi connectivity index (χ1v) is 7.13. The molecule has 0 aliphatic carbocycles. The standard InChI is InChI=1S/C18H16N2O2/c1-12-17(14-5-3-13(11-19)4-6-14)20(18(12)21)15-7-9-16(22-2)10-8-15/h3-10,12,17H,1-2H3/t12-,17+/m1/s1. The molecule has 0 bridgehead atoms. The molecule has 22 heavy (non-hydrogen) atoms. The summed E-state index contributed by atoms with van der Waals surface area (Å²) in [5, 5.41) is 8.89. The van der Waals surface area contributed by atoms with Crippen LogP contribution in [0.5, 0.6) is 5.75 Å². The molecule has 1 amide bonds. The first kappa shape index (κ1) is 14.2. The molecule has 1 saturated heterocycles. The number of benzene rings is 2. The summed E-state index contributed by atoms with van der Waals surface area (Å²) < 4.78 is 5.15. The number of hydrogen-bond donors (Lipinski definition) is 0. The monoisotopic (exact) mass is 292 g/mol. The highest BCUT2D eigenvalue weighted by Gasteiger charge is 2.45. The van der Waals surface area contributed by atoms with Gasteiger partial charge >= 0.3 is 0 Å². The maximum absolute atomic E-state index is 12.3. The Hall–Kier alpha value is -2.80. The van der Waals surface area contributed by atoms with Gasteiger partial charge in [0.05, 0.1) is 30.7 Å². The van der Waals surface area contributed by atoms with Gasteiger partial charge in [-0.3, -0.25) is 4.79 Å². The first-order chi connectivity index (χ1) is 10.7. The van der Waals surface area contributed by atoms with E-state index in [9.17, 15) is 4.79 Å². The van der Waals surface area contributed by atoms with Crippen molar-refractivity contribution in [2.75, 3.05) is 12.0 Å². The largest absolute Gasteiger partial charge is 0.497 e. The lowest BCUT2D eigenvalue weighted by Crippen LogP contribution is -2.54. The quantitative estimate of drug-likeness (QED) is 0.816. The van der Waals surface area contributed by atoms with Gasteiger partial charge in [0.2, 0.25) is 5.91 Å². The van der Waals surface area contributed by atoms with E-state index in [1.807, 2.05) is 43.3 Å². The molecule has 2 aromatic carbocycles. The van der Waals surface area contributed by atoms with Gasteiger partial charge in [-0.05, 0) is 42.0 Å². The first-order valence-electron chi connectivity index (χ1n) is 7.13. The molecular formula is C18H16N2O2. The predicted octanol–water partition coefficient (Wildman–Crippen LogP) is 3.29. The summed E-state index contributed by atoms with van der Waals surface area (Å²) in [7, 11) is 1.62. The van der Waals surface area contributed by atoms with E-state index in [0.29, 0.717) is 5.56 Å². The minimum absolute atomic E-state index is 0.00800. The van der Waals surface area contributed by atoms with Crippen molar-refractivity contribution in [1.29, 1.82) is 5.26 Å². The summed E-state index contributed by atoms with van der Waals surface area (Å²) in [6.07, 6.45) is 0. The van der Waals surface area contributed by atoms with Crippen LogP contribution in [0.1, 0.15) is 24.1 Å². The molecule has 1 aliphatic rings. The number of nitriles is 1. The van der Waals surface area contributed by atoms with Crippen molar-refractivity contribution < 1.29 is 9.53 Å². The van der Waals surface area contributed by atoms with Gasteiger partial charge in [0.25, 0.3) is 0 Å². The summed E-state index contributed by atoms with van der Waals surface area (Å²) in [5.74, 6) is 0.814. The van der Waals surface area contributed by atoms with Crippen LogP contribution in [0.15, 0.2) is 48.5 Å². The fraction of sp³-hybridized carbons (Fsp3) is 0.222. The molecule has 0 spiro atoms. The number of carbonyl (C=O) groups excluding carboxylic acids is 1. The minimum Gasteiger partial charge on any atom is -0.497 e. The van der Waals surface area contributed by atoms with Crippen LogP contribution in [0.2, 0.25) is 0 Å². The summed E-state index contributed by atoms with van der Waals surface area (Å²) in [6.45, 7) is 1.94. The maximum Gasteiger partial charge on any atom is 0.232 e. The fourth-order valence-electron chi connectivity index (χ4n) is 2.86. The molecule has 0 unspecified atom stereocenters. The van der Waals surface area contributed by atoms with Crippen LogP contribution in [0.3, 0.4) is 0 Å². The third-order valence-electron chi connectivity index (χ3n) is 4.11. The summed E-state index contributed by atoms with van der Waals surface area (Å²) in [4.78, 5) is 14.1. The Kier molecular flexibility index (Phi) is 3.56. The Bertz CT molecular complexity index is 729. The van der Waals surface area contributed by atoms with Gasteiger partial charge in [-0.1, -0.05) is 19.1 Å². The second kappa shape index (κ2) is 5.53. The molecule has 0 saturated carbocycles. The van der Waals surface area contributed by atoms with Gasteiger partial charge in [-0.15, -0.1) is 0 Å². The molecule has 4 nitrogen and oxygen atoms in total. The normalized spacial score (nSPS) is 20.2. The number of rotatable bonds is 3. The van der Waals surface area contributed by atoms with Crippen molar-refractivity contribution in [1.82, 2.24) is 0 Å². The number of β-lactam (4-membered cyclic amide) rings is 1. The number of ether oxygens (including phenoxy) is 1. The number of amides is 1. The average Bonchev–Trinajstić information content (AvgIpc) is 2.59. The van der Waals surface area contributed by atoms with Crippen molar-refractivity contribution in [3.63, 3.8) is 0 Å². The molecule has 0 radical (unpaired) electrons. The van der Waals surface area contributed by atoms with Gasteiger partial charge in [-0.25, -0.2) is 0 Å². The van der Waals surface area contributed by atoms with Crippen LogP contribution in [-0.4, -0.2) is 13.0 Å². The molecule has 1 heterocycles. The number of hydrogen-bond acceptors (Lipinski definition) is 3. The summed E-state index contributed by atoms with van der Waals surface area (Å²) in [5.41, 5.74) is 2.53. The van der Waals surface area contributed by atoms with Gasteiger partial charge in [0, 0.05) is 5.69 Å². The van der Waals surface area contributed by atoms with Gasteiger partial charge in [0.15, 0.2) is 0 Å². The van der Waals surface area contributed by atoms with Crippen LogP contribution >= 0.6 is 0 Å². The summed E-state index contributed by atoms with van der Waals surface area (Å²) >= 11 is 0. The lowest BCUT2D eigenvalue weighted by molar-refractivity contribution is -0.129. The smallest absolute Gasteiger partial charge is 0.232 e. The van der Waals surface area contributed by atoms with E-state index in [4.69, 9.17) is 10.00 Å². The molecule has 0 N–H and O–H groups in total. The molecule has 2 atom stereocenters. The highest BCUT2D eigenvalue weighted by atomic mass is 16.5. The average molecular weight is 292 g/mol. The molecule has 1 aliphatic heterocycles. The van der Waals surface area contributed by atoms with E-state index in [0.717, 1.165) is 17.0 Å². The second-order valence-electron chi connectivity index (χ2n) is 5.37. The van der Waals surface area contributed by atoms with Crippen LogP contribution in [-0.2, 0) is 4.79 Å². The van der Waals surface area contributed by atoms with Crippen molar-refractivity contribution in [3.8, 4) is 11.8 Å². The Morgan fingerprint density at radius 3 is 2.27 bits per heavy atom. The third-order valence-corrected chi connectivity index (χ3v) is 4.11.